The molecule has 6 heteroatoms. The molecule has 0 fully saturated rings. The fourth-order valence-electron chi connectivity index (χ4n) is 2.56. The topological polar surface area (TPSA) is 84.9 Å². The normalized spacial score (nSPS) is 10.9. The largest absolute Gasteiger partial charge is 0.493 e. The summed E-state index contributed by atoms with van der Waals surface area (Å²) in [6.45, 7) is 0. The van der Waals surface area contributed by atoms with Crippen molar-refractivity contribution >= 4 is 18.0 Å². The Morgan fingerprint density at radius 3 is 2.10 bits per heavy atom. The second kappa shape index (κ2) is 9.23. The van der Waals surface area contributed by atoms with Crippen LogP contribution >= 0.6 is 0 Å². The highest BCUT2D eigenvalue weighted by Gasteiger charge is 2.13. The first kappa shape index (κ1) is 19.7. The molecule has 0 radical (unpaired) electrons. The van der Waals surface area contributed by atoms with E-state index in [2.05, 4.69) is 5.32 Å². The average Bonchev–Trinajstić information content (AvgIpc) is 2.75. The molecule has 0 aliphatic heterocycles. The van der Waals surface area contributed by atoms with Crippen LogP contribution in [0.2, 0.25) is 0 Å². The van der Waals surface area contributed by atoms with Crippen molar-refractivity contribution in [2.24, 2.45) is 0 Å². The van der Waals surface area contributed by atoms with Gasteiger partial charge in [-0.25, -0.2) is 4.79 Å². The standard InChI is InChI=1S/C23H19NO5/c1-28-20-9-5-6-10-21(20)29-18-13-11-16(12-14-18)15-19(23(26)27)24-22(25)17-7-3-2-4-8-17/h2-15H,1H3,(H,24,25)(H,26,27)/b19-15-. The van der Waals surface area contributed by atoms with E-state index in [0.29, 0.717) is 28.4 Å². The van der Waals surface area contributed by atoms with E-state index in [-0.39, 0.29) is 5.70 Å². The van der Waals surface area contributed by atoms with Crippen molar-refractivity contribution in [2.45, 2.75) is 0 Å². The number of ether oxygens (including phenoxy) is 2. The van der Waals surface area contributed by atoms with Crippen LogP contribution in [0.3, 0.4) is 0 Å². The number of hydrogen-bond acceptors (Lipinski definition) is 4. The van der Waals surface area contributed by atoms with E-state index in [9.17, 15) is 14.7 Å². The molecule has 0 heterocycles. The Labute approximate surface area is 168 Å². The fraction of sp³-hybridized carbons (Fsp3) is 0.0435. The maximum absolute atomic E-state index is 12.2. The van der Waals surface area contributed by atoms with Crippen LogP contribution in [0.15, 0.2) is 84.6 Å². The summed E-state index contributed by atoms with van der Waals surface area (Å²) in [5.74, 6) is 0.0174. The third-order valence-corrected chi connectivity index (χ3v) is 4.00. The van der Waals surface area contributed by atoms with Crippen LogP contribution in [0.4, 0.5) is 0 Å². The lowest BCUT2D eigenvalue weighted by Crippen LogP contribution is -2.27. The van der Waals surface area contributed by atoms with E-state index in [1.807, 2.05) is 12.1 Å². The molecule has 29 heavy (non-hydrogen) atoms. The summed E-state index contributed by atoms with van der Waals surface area (Å²) < 4.78 is 11.1. The number of hydrogen-bond donors (Lipinski definition) is 2. The second-order valence-electron chi connectivity index (χ2n) is 6.01. The van der Waals surface area contributed by atoms with Crippen molar-refractivity contribution in [3.63, 3.8) is 0 Å². The van der Waals surface area contributed by atoms with E-state index < -0.39 is 11.9 Å². The van der Waals surface area contributed by atoms with Gasteiger partial charge in [0.25, 0.3) is 5.91 Å². The number of benzene rings is 3. The summed E-state index contributed by atoms with van der Waals surface area (Å²) in [5.41, 5.74) is 0.751. The lowest BCUT2D eigenvalue weighted by atomic mass is 10.1. The Morgan fingerprint density at radius 2 is 1.48 bits per heavy atom. The molecule has 0 atom stereocenters. The molecule has 3 rings (SSSR count). The molecule has 146 valence electrons. The van der Waals surface area contributed by atoms with E-state index in [4.69, 9.17) is 9.47 Å². The number of nitrogens with one attached hydrogen (secondary N) is 1. The molecule has 0 saturated heterocycles. The van der Waals surface area contributed by atoms with E-state index in [1.54, 1.807) is 73.8 Å². The first-order valence-electron chi connectivity index (χ1n) is 8.79. The minimum atomic E-state index is -1.23. The zero-order valence-electron chi connectivity index (χ0n) is 15.7. The van der Waals surface area contributed by atoms with Crippen molar-refractivity contribution in [1.82, 2.24) is 5.32 Å². The molecule has 0 bridgehead atoms. The Hall–Kier alpha value is -4.06. The number of carbonyl (C=O) groups is 2. The molecule has 0 aliphatic rings. The van der Waals surface area contributed by atoms with Gasteiger partial charge in [0.1, 0.15) is 11.4 Å². The van der Waals surface area contributed by atoms with Gasteiger partial charge in [0.05, 0.1) is 7.11 Å². The summed E-state index contributed by atoms with van der Waals surface area (Å²) >= 11 is 0. The highest BCUT2D eigenvalue weighted by Crippen LogP contribution is 2.31. The molecule has 1 amide bonds. The van der Waals surface area contributed by atoms with Gasteiger partial charge in [-0.1, -0.05) is 42.5 Å². The van der Waals surface area contributed by atoms with Crippen molar-refractivity contribution in [1.29, 1.82) is 0 Å². The molecule has 0 unspecified atom stereocenters. The number of carbonyl (C=O) groups excluding carboxylic acids is 1. The summed E-state index contributed by atoms with van der Waals surface area (Å²) in [6.07, 6.45) is 1.38. The van der Waals surface area contributed by atoms with Gasteiger partial charge < -0.3 is 19.9 Å². The number of aliphatic carboxylic acids is 1. The maximum Gasteiger partial charge on any atom is 0.352 e. The van der Waals surface area contributed by atoms with Crippen LogP contribution in [-0.4, -0.2) is 24.1 Å². The van der Waals surface area contributed by atoms with E-state index >= 15 is 0 Å². The number of methoxy groups -OCH3 is 1. The Balaban J connectivity index is 1.75. The number of carboxylic acids is 1. The van der Waals surface area contributed by atoms with Gasteiger partial charge in [0, 0.05) is 5.56 Å². The predicted molar refractivity (Wildman–Crippen MR) is 109 cm³/mol. The monoisotopic (exact) mass is 389 g/mol. The van der Waals surface area contributed by atoms with Crippen LogP contribution < -0.4 is 14.8 Å². The third-order valence-electron chi connectivity index (χ3n) is 4.00. The smallest absolute Gasteiger partial charge is 0.352 e. The van der Waals surface area contributed by atoms with Gasteiger partial charge in [-0.2, -0.15) is 0 Å². The van der Waals surface area contributed by atoms with Crippen LogP contribution in [0.5, 0.6) is 17.2 Å². The average molecular weight is 389 g/mol. The van der Waals surface area contributed by atoms with Crippen molar-refractivity contribution in [3.05, 3.63) is 95.7 Å². The SMILES string of the molecule is COc1ccccc1Oc1ccc(/C=C(\NC(=O)c2ccccc2)C(=O)O)cc1. The molecular weight excluding hydrogens is 370 g/mol. The Kier molecular flexibility index (Phi) is 6.27. The first-order valence-corrected chi connectivity index (χ1v) is 8.79. The predicted octanol–water partition coefficient (Wildman–Crippen LogP) is 4.34. The fourth-order valence-corrected chi connectivity index (χ4v) is 2.56. The highest BCUT2D eigenvalue weighted by molar-refractivity contribution is 6.02. The summed E-state index contributed by atoms with van der Waals surface area (Å²) in [5, 5.41) is 11.8. The van der Waals surface area contributed by atoms with Crippen LogP contribution in [-0.2, 0) is 4.79 Å². The zero-order chi connectivity index (χ0) is 20.6. The maximum atomic E-state index is 12.2. The van der Waals surface area contributed by atoms with Crippen LogP contribution in [0, 0.1) is 0 Å². The lowest BCUT2D eigenvalue weighted by molar-refractivity contribution is -0.132. The lowest BCUT2D eigenvalue weighted by Gasteiger charge is -2.10. The van der Waals surface area contributed by atoms with Crippen molar-refractivity contribution in [2.75, 3.05) is 7.11 Å². The summed E-state index contributed by atoms with van der Waals surface area (Å²) in [4.78, 5) is 23.7. The molecule has 3 aromatic rings. The molecule has 0 saturated carbocycles. The van der Waals surface area contributed by atoms with Crippen LogP contribution in [0.1, 0.15) is 15.9 Å². The van der Waals surface area contributed by atoms with Crippen LogP contribution in [0.25, 0.3) is 6.08 Å². The molecule has 0 aromatic heterocycles. The summed E-state index contributed by atoms with van der Waals surface area (Å²) in [6, 6.07) is 22.5. The number of para-hydroxylation sites is 2. The zero-order valence-corrected chi connectivity index (χ0v) is 15.7. The minimum Gasteiger partial charge on any atom is -0.493 e. The number of carboxylic acid groups (broad SMARTS) is 1. The van der Waals surface area contributed by atoms with Gasteiger partial charge in [-0.15, -0.1) is 0 Å². The van der Waals surface area contributed by atoms with Gasteiger partial charge >= 0.3 is 5.97 Å². The van der Waals surface area contributed by atoms with E-state index in [1.165, 1.54) is 6.08 Å². The first-order chi connectivity index (χ1) is 14.1. The Morgan fingerprint density at radius 1 is 0.862 bits per heavy atom. The quantitative estimate of drug-likeness (QED) is 0.587. The van der Waals surface area contributed by atoms with Gasteiger partial charge in [-0.05, 0) is 48.0 Å². The molecule has 2 N–H and O–H groups in total. The van der Waals surface area contributed by atoms with Crippen molar-refractivity contribution < 1.29 is 24.2 Å². The molecular formula is C23H19NO5. The molecule has 0 aliphatic carbocycles. The van der Waals surface area contributed by atoms with Gasteiger partial charge in [0.2, 0.25) is 0 Å². The molecule has 3 aromatic carbocycles. The van der Waals surface area contributed by atoms with Crippen molar-refractivity contribution in [3.8, 4) is 17.2 Å². The number of amides is 1. The third kappa shape index (κ3) is 5.23. The molecule has 0 spiro atoms. The molecule has 6 nitrogen and oxygen atoms in total. The number of rotatable bonds is 7. The van der Waals surface area contributed by atoms with Gasteiger partial charge in [-0.3, -0.25) is 4.79 Å². The highest BCUT2D eigenvalue weighted by atomic mass is 16.5. The van der Waals surface area contributed by atoms with Gasteiger partial charge in [0.15, 0.2) is 11.5 Å². The Bertz CT molecular complexity index is 1030. The van der Waals surface area contributed by atoms with E-state index in [0.717, 1.165) is 0 Å². The summed E-state index contributed by atoms with van der Waals surface area (Å²) in [7, 11) is 1.56. The minimum absolute atomic E-state index is 0.225. The second-order valence-corrected chi connectivity index (χ2v) is 6.01.